The van der Waals surface area contributed by atoms with Gasteiger partial charge in [-0.15, -0.1) is 0 Å². The fourth-order valence-electron chi connectivity index (χ4n) is 2.91. The Morgan fingerprint density at radius 2 is 1.65 bits per heavy atom. The lowest BCUT2D eigenvalue weighted by atomic mass is 9.95. The Morgan fingerprint density at radius 3 is 2.31 bits per heavy atom. The molecule has 3 rings (SSSR count). The highest BCUT2D eigenvalue weighted by atomic mass is 32.2. The van der Waals surface area contributed by atoms with Gasteiger partial charge in [0.2, 0.25) is 5.91 Å². The zero-order valence-electron chi connectivity index (χ0n) is 14.6. The van der Waals surface area contributed by atoms with Crippen LogP contribution in [0.25, 0.3) is 22.3 Å². The Hall–Kier alpha value is -2.76. The van der Waals surface area contributed by atoms with E-state index in [1.54, 1.807) is 31.6 Å². The van der Waals surface area contributed by atoms with Crippen molar-refractivity contribution >= 4 is 17.1 Å². The average Bonchev–Trinajstić information content (AvgIpc) is 2.67. The van der Waals surface area contributed by atoms with Crippen molar-refractivity contribution < 1.29 is 14.1 Å². The number of ether oxygens (including phenoxy) is 1. The van der Waals surface area contributed by atoms with Crippen LogP contribution in [0.2, 0.25) is 0 Å². The minimum Gasteiger partial charge on any atom is -0.612 e. The van der Waals surface area contributed by atoms with E-state index in [4.69, 9.17) is 10.5 Å². The molecule has 0 aromatic heterocycles. The first kappa shape index (κ1) is 18.0. The first-order valence-corrected chi connectivity index (χ1v) is 9.58. The molecule has 4 nitrogen and oxygen atoms in total. The van der Waals surface area contributed by atoms with E-state index in [9.17, 15) is 9.35 Å². The quantitative estimate of drug-likeness (QED) is 0.698. The van der Waals surface area contributed by atoms with Gasteiger partial charge in [0.1, 0.15) is 12.0 Å². The van der Waals surface area contributed by atoms with Gasteiger partial charge < -0.3 is 15.0 Å². The molecule has 0 aliphatic heterocycles. The standard InChI is InChI=1S/C21H19NO3S/c1-25-16-10-11-18(21(22)23)19(13-16)15-7-5-6-14(12-15)17-8-3-4-9-20(17)26(2)24/h3-13H,1-2H3,(H2,22,23). The molecule has 1 amide bonds. The number of methoxy groups -OCH3 is 1. The summed E-state index contributed by atoms with van der Waals surface area (Å²) in [4.78, 5) is 12.6. The van der Waals surface area contributed by atoms with E-state index < -0.39 is 17.1 Å². The first-order chi connectivity index (χ1) is 12.5. The molecule has 26 heavy (non-hydrogen) atoms. The van der Waals surface area contributed by atoms with Gasteiger partial charge in [0, 0.05) is 11.1 Å². The number of rotatable bonds is 5. The third-order valence-corrected chi connectivity index (χ3v) is 5.15. The fraction of sp³-hybridized carbons (Fsp3) is 0.0952. The number of carbonyl (C=O) groups excluding carboxylic acids is 1. The highest BCUT2D eigenvalue weighted by Gasteiger charge is 2.15. The summed E-state index contributed by atoms with van der Waals surface area (Å²) in [5, 5.41) is 0. The summed E-state index contributed by atoms with van der Waals surface area (Å²) in [6, 6.07) is 20.5. The summed E-state index contributed by atoms with van der Waals surface area (Å²) in [7, 11) is 1.58. The van der Waals surface area contributed by atoms with Crippen molar-refractivity contribution in [3.05, 3.63) is 72.3 Å². The molecule has 0 spiro atoms. The molecular formula is C21H19NO3S. The van der Waals surface area contributed by atoms with Gasteiger partial charge in [-0.05, 0) is 64.3 Å². The second kappa shape index (κ2) is 7.64. The third-order valence-electron chi connectivity index (χ3n) is 4.17. The minimum absolute atomic E-state index is 0.426. The van der Waals surface area contributed by atoms with Crippen LogP contribution >= 0.6 is 0 Å². The molecule has 5 heteroatoms. The molecule has 2 N–H and O–H groups in total. The summed E-state index contributed by atoms with van der Waals surface area (Å²) >= 11 is -1.10. The first-order valence-electron chi connectivity index (χ1n) is 8.02. The second-order valence-corrected chi connectivity index (χ2v) is 7.15. The molecule has 0 bridgehead atoms. The predicted molar refractivity (Wildman–Crippen MR) is 105 cm³/mol. The van der Waals surface area contributed by atoms with Crippen molar-refractivity contribution in [1.82, 2.24) is 0 Å². The van der Waals surface area contributed by atoms with Crippen molar-refractivity contribution in [2.75, 3.05) is 13.4 Å². The molecule has 0 radical (unpaired) electrons. The van der Waals surface area contributed by atoms with E-state index in [1.165, 1.54) is 0 Å². The van der Waals surface area contributed by atoms with Gasteiger partial charge in [0.15, 0.2) is 4.90 Å². The van der Waals surface area contributed by atoms with E-state index in [0.717, 1.165) is 21.6 Å². The molecule has 1 atom stereocenters. The van der Waals surface area contributed by atoms with Crippen molar-refractivity contribution in [2.24, 2.45) is 5.73 Å². The molecule has 3 aromatic rings. The summed E-state index contributed by atoms with van der Waals surface area (Å²) in [5.74, 6) is 0.147. The molecule has 0 saturated heterocycles. The maximum Gasteiger partial charge on any atom is 0.249 e. The maximum atomic E-state index is 12.1. The lowest BCUT2D eigenvalue weighted by Gasteiger charge is -2.13. The normalized spacial score (nSPS) is 11.8. The van der Waals surface area contributed by atoms with Crippen molar-refractivity contribution in [3.8, 4) is 28.0 Å². The van der Waals surface area contributed by atoms with Crippen LogP contribution in [-0.2, 0) is 11.2 Å². The second-order valence-electron chi connectivity index (χ2n) is 5.81. The predicted octanol–water partition coefficient (Wildman–Crippen LogP) is 3.87. The van der Waals surface area contributed by atoms with Crippen LogP contribution in [0.3, 0.4) is 0 Å². The van der Waals surface area contributed by atoms with Crippen LogP contribution in [-0.4, -0.2) is 23.8 Å². The molecule has 132 valence electrons. The lowest BCUT2D eigenvalue weighted by Crippen LogP contribution is -2.12. The summed E-state index contributed by atoms with van der Waals surface area (Å²) in [6.45, 7) is 0. The number of nitrogens with two attached hydrogens (primary N) is 1. The van der Waals surface area contributed by atoms with Crippen LogP contribution < -0.4 is 10.5 Å². The van der Waals surface area contributed by atoms with Crippen LogP contribution in [0, 0.1) is 0 Å². The largest absolute Gasteiger partial charge is 0.612 e. The Morgan fingerprint density at radius 1 is 0.962 bits per heavy atom. The molecular weight excluding hydrogens is 346 g/mol. The van der Waals surface area contributed by atoms with Crippen LogP contribution in [0.5, 0.6) is 5.75 Å². The number of carbonyl (C=O) groups is 1. The third kappa shape index (κ3) is 3.59. The lowest BCUT2D eigenvalue weighted by molar-refractivity contribution is 0.100. The van der Waals surface area contributed by atoms with Gasteiger partial charge in [-0.3, -0.25) is 4.79 Å². The van der Waals surface area contributed by atoms with Gasteiger partial charge in [0.05, 0.1) is 7.11 Å². The zero-order chi connectivity index (χ0) is 18.7. The molecule has 0 fully saturated rings. The van der Waals surface area contributed by atoms with E-state index in [0.29, 0.717) is 16.9 Å². The van der Waals surface area contributed by atoms with E-state index in [1.807, 2.05) is 48.5 Å². The molecule has 0 heterocycles. The molecule has 0 aliphatic rings. The molecule has 0 aliphatic carbocycles. The number of hydrogen-bond acceptors (Lipinski definition) is 3. The maximum absolute atomic E-state index is 12.1. The topological polar surface area (TPSA) is 75.4 Å². The number of benzene rings is 3. The van der Waals surface area contributed by atoms with Gasteiger partial charge >= 0.3 is 0 Å². The number of primary amides is 1. The highest BCUT2D eigenvalue weighted by molar-refractivity contribution is 7.90. The van der Waals surface area contributed by atoms with Crippen molar-refractivity contribution in [2.45, 2.75) is 4.90 Å². The van der Waals surface area contributed by atoms with Gasteiger partial charge in [0.25, 0.3) is 0 Å². The summed E-state index contributed by atoms with van der Waals surface area (Å²) in [5.41, 5.74) is 9.33. The Balaban J connectivity index is 2.16. The highest BCUT2D eigenvalue weighted by Crippen LogP contribution is 2.33. The SMILES string of the molecule is COc1ccc(C(N)=O)c(-c2cccc(-c3ccccc3[S+](C)[O-])c2)c1. The van der Waals surface area contributed by atoms with Crippen molar-refractivity contribution in [3.63, 3.8) is 0 Å². The zero-order valence-corrected chi connectivity index (χ0v) is 15.4. The van der Waals surface area contributed by atoms with E-state index >= 15 is 0 Å². The average molecular weight is 365 g/mol. The van der Waals surface area contributed by atoms with Gasteiger partial charge in [-0.1, -0.05) is 30.3 Å². The minimum atomic E-state index is -1.10. The van der Waals surface area contributed by atoms with Gasteiger partial charge in [-0.2, -0.15) is 0 Å². The Bertz CT molecular complexity index is 953. The summed E-state index contributed by atoms with van der Waals surface area (Å²) < 4.78 is 17.3. The summed E-state index contributed by atoms with van der Waals surface area (Å²) in [6.07, 6.45) is 1.66. The van der Waals surface area contributed by atoms with Crippen molar-refractivity contribution in [1.29, 1.82) is 0 Å². The van der Waals surface area contributed by atoms with Crippen LogP contribution in [0.15, 0.2) is 71.6 Å². The molecule has 1 unspecified atom stereocenters. The smallest absolute Gasteiger partial charge is 0.249 e. The van der Waals surface area contributed by atoms with E-state index in [-0.39, 0.29) is 0 Å². The Kier molecular flexibility index (Phi) is 5.30. The van der Waals surface area contributed by atoms with Crippen LogP contribution in [0.1, 0.15) is 10.4 Å². The number of amides is 1. The fourth-order valence-corrected chi connectivity index (χ4v) is 3.68. The van der Waals surface area contributed by atoms with E-state index in [2.05, 4.69) is 0 Å². The van der Waals surface area contributed by atoms with Crippen LogP contribution in [0.4, 0.5) is 0 Å². The van der Waals surface area contributed by atoms with Gasteiger partial charge in [-0.25, -0.2) is 0 Å². The Labute approximate surface area is 155 Å². The molecule has 3 aromatic carbocycles. The molecule has 0 saturated carbocycles. The monoisotopic (exact) mass is 365 g/mol. The number of hydrogen-bond donors (Lipinski definition) is 1.